The minimum absolute atomic E-state index is 0.0421. The Morgan fingerprint density at radius 3 is 2.52 bits per heavy atom. The molecule has 1 fully saturated rings. The lowest BCUT2D eigenvalue weighted by Gasteiger charge is -2.24. The third-order valence-electron chi connectivity index (χ3n) is 5.38. The lowest BCUT2D eigenvalue weighted by molar-refractivity contribution is -0.123. The van der Waals surface area contributed by atoms with Crippen molar-refractivity contribution >= 4 is 18.9 Å². The van der Waals surface area contributed by atoms with Crippen molar-refractivity contribution in [2.24, 2.45) is 11.8 Å². The van der Waals surface area contributed by atoms with Gasteiger partial charge in [0.15, 0.2) is 0 Å². The molecular weight excluding hydrogens is 371 g/mol. The van der Waals surface area contributed by atoms with Crippen molar-refractivity contribution < 1.29 is 19.6 Å². The fourth-order valence-corrected chi connectivity index (χ4v) is 3.66. The first-order chi connectivity index (χ1) is 13.8. The van der Waals surface area contributed by atoms with Gasteiger partial charge in [-0.3, -0.25) is 14.6 Å². The van der Waals surface area contributed by atoms with Crippen LogP contribution in [0.5, 0.6) is 0 Å². The van der Waals surface area contributed by atoms with Crippen LogP contribution in [0.2, 0.25) is 0 Å². The van der Waals surface area contributed by atoms with E-state index < -0.39 is 30.4 Å². The smallest absolute Gasteiger partial charge is 0.426 e. The molecular formula is C20H25BN4O4. The fourth-order valence-electron chi connectivity index (χ4n) is 3.66. The van der Waals surface area contributed by atoms with E-state index in [9.17, 15) is 19.6 Å². The van der Waals surface area contributed by atoms with Gasteiger partial charge in [-0.05, 0) is 23.8 Å². The SMILES string of the molecule is CC(C)[C@@H]1CC1(NC(=O)[C@H](Cc1ccccc1)NC(=O)c1cnccn1)B(O)O. The molecule has 1 aliphatic rings. The summed E-state index contributed by atoms with van der Waals surface area (Å²) in [5, 5.41) is 25.2. The second kappa shape index (κ2) is 8.71. The van der Waals surface area contributed by atoms with Gasteiger partial charge >= 0.3 is 7.12 Å². The first kappa shape index (κ1) is 20.9. The quantitative estimate of drug-likeness (QED) is 0.478. The summed E-state index contributed by atoms with van der Waals surface area (Å²) in [4.78, 5) is 33.4. The van der Waals surface area contributed by atoms with Crippen LogP contribution in [-0.4, -0.2) is 50.4 Å². The maximum atomic E-state index is 13.1. The zero-order valence-electron chi connectivity index (χ0n) is 16.4. The van der Waals surface area contributed by atoms with E-state index in [2.05, 4.69) is 20.6 Å². The van der Waals surface area contributed by atoms with Crippen molar-refractivity contribution in [3.63, 3.8) is 0 Å². The first-order valence-electron chi connectivity index (χ1n) is 9.62. The average molecular weight is 396 g/mol. The highest BCUT2D eigenvalue weighted by atomic mass is 16.4. The summed E-state index contributed by atoms with van der Waals surface area (Å²) < 4.78 is 0. The number of amides is 2. The normalized spacial score (nSPS) is 21.3. The van der Waals surface area contributed by atoms with Crippen LogP contribution in [0.15, 0.2) is 48.9 Å². The molecule has 1 aromatic carbocycles. The molecule has 3 rings (SSSR count). The van der Waals surface area contributed by atoms with Gasteiger partial charge in [0.2, 0.25) is 5.91 Å². The first-order valence-corrected chi connectivity index (χ1v) is 9.62. The van der Waals surface area contributed by atoms with Crippen molar-refractivity contribution in [1.82, 2.24) is 20.6 Å². The number of hydrogen-bond acceptors (Lipinski definition) is 6. The topological polar surface area (TPSA) is 124 Å². The molecule has 3 atom stereocenters. The van der Waals surface area contributed by atoms with Crippen LogP contribution in [0.4, 0.5) is 0 Å². The summed E-state index contributed by atoms with van der Waals surface area (Å²) in [6.07, 6.45) is 4.90. The molecule has 1 heterocycles. The van der Waals surface area contributed by atoms with Gasteiger partial charge in [-0.25, -0.2) is 4.98 Å². The van der Waals surface area contributed by atoms with E-state index in [4.69, 9.17) is 0 Å². The molecule has 1 unspecified atom stereocenters. The molecule has 1 aromatic heterocycles. The van der Waals surface area contributed by atoms with Gasteiger partial charge in [-0.2, -0.15) is 0 Å². The molecule has 0 spiro atoms. The number of hydrogen-bond donors (Lipinski definition) is 4. The Morgan fingerprint density at radius 1 is 1.24 bits per heavy atom. The molecule has 29 heavy (non-hydrogen) atoms. The summed E-state index contributed by atoms with van der Waals surface area (Å²) in [6.45, 7) is 3.94. The van der Waals surface area contributed by atoms with Gasteiger partial charge in [0.25, 0.3) is 5.91 Å². The average Bonchev–Trinajstić information content (AvgIpc) is 3.45. The number of rotatable bonds is 8. The second-order valence-electron chi connectivity index (χ2n) is 7.76. The predicted molar refractivity (Wildman–Crippen MR) is 107 cm³/mol. The lowest BCUT2D eigenvalue weighted by atomic mass is 9.72. The molecule has 152 valence electrons. The number of nitrogens with one attached hydrogen (secondary N) is 2. The highest BCUT2D eigenvalue weighted by Crippen LogP contribution is 2.49. The van der Waals surface area contributed by atoms with E-state index in [0.717, 1.165) is 5.56 Å². The third-order valence-corrected chi connectivity index (χ3v) is 5.38. The van der Waals surface area contributed by atoms with Crippen molar-refractivity contribution in [1.29, 1.82) is 0 Å². The van der Waals surface area contributed by atoms with Crippen LogP contribution in [0.3, 0.4) is 0 Å². The van der Waals surface area contributed by atoms with E-state index in [1.165, 1.54) is 18.6 Å². The summed E-state index contributed by atoms with van der Waals surface area (Å²) in [5.41, 5.74) is -0.124. The molecule has 0 bridgehead atoms. The molecule has 0 saturated heterocycles. The number of benzene rings is 1. The number of nitrogens with zero attached hydrogens (tertiary/aromatic N) is 2. The Labute approximate surface area is 169 Å². The van der Waals surface area contributed by atoms with Gasteiger partial charge in [-0.15, -0.1) is 0 Å². The van der Waals surface area contributed by atoms with Gasteiger partial charge < -0.3 is 20.7 Å². The Bertz CT molecular complexity index is 850. The largest absolute Gasteiger partial charge is 0.479 e. The van der Waals surface area contributed by atoms with Crippen LogP contribution < -0.4 is 10.6 Å². The summed E-state index contributed by atoms with van der Waals surface area (Å²) in [5.74, 6) is -0.857. The van der Waals surface area contributed by atoms with Crippen LogP contribution in [0.25, 0.3) is 0 Å². The molecule has 0 aliphatic heterocycles. The monoisotopic (exact) mass is 396 g/mol. The number of carbonyl (C=O) groups excluding carboxylic acids is 2. The number of aromatic nitrogens is 2. The highest BCUT2D eigenvalue weighted by Gasteiger charge is 2.64. The molecule has 8 nitrogen and oxygen atoms in total. The molecule has 1 saturated carbocycles. The van der Waals surface area contributed by atoms with E-state index in [-0.39, 0.29) is 24.0 Å². The maximum absolute atomic E-state index is 13.1. The van der Waals surface area contributed by atoms with Crippen LogP contribution in [0, 0.1) is 11.8 Å². The van der Waals surface area contributed by atoms with Crippen LogP contribution in [-0.2, 0) is 11.2 Å². The van der Waals surface area contributed by atoms with Crippen molar-refractivity contribution in [3.8, 4) is 0 Å². The maximum Gasteiger partial charge on any atom is 0.479 e. The van der Waals surface area contributed by atoms with Crippen LogP contribution in [0.1, 0.15) is 36.3 Å². The Kier molecular flexibility index (Phi) is 6.29. The fraction of sp³-hybridized carbons (Fsp3) is 0.400. The summed E-state index contributed by atoms with van der Waals surface area (Å²) in [7, 11) is -1.67. The van der Waals surface area contributed by atoms with E-state index >= 15 is 0 Å². The Balaban J connectivity index is 1.78. The van der Waals surface area contributed by atoms with Crippen molar-refractivity contribution in [3.05, 3.63) is 60.2 Å². The van der Waals surface area contributed by atoms with Gasteiger partial charge in [-0.1, -0.05) is 44.2 Å². The Hall–Kier alpha value is -2.78. The zero-order chi connectivity index (χ0) is 21.0. The van der Waals surface area contributed by atoms with E-state index in [1.807, 2.05) is 44.2 Å². The molecule has 2 aromatic rings. The minimum atomic E-state index is -1.67. The minimum Gasteiger partial charge on any atom is -0.426 e. The molecule has 2 amide bonds. The van der Waals surface area contributed by atoms with Crippen LogP contribution >= 0.6 is 0 Å². The van der Waals surface area contributed by atoms with E-state index in [1.54, 1.807) is 0 Å². The highest BCUT2D eigenvalue weighted by molar-refractivity contribution is 6.47. The summed E-state index contributed by atoms with van der Waals surface area (Å²) in [6, 6.07) is 8.38. The van der Waals surface area contributed by atoms with Gasteiger partial charge in [0.05, 0.1) is 11.6 Å². The molecule has 1 aliphatic carbocycles. The molecule has 9 heteroatoms. The summed E-state index contributed by atoms with van der Waals surface area (Å²) >= 11 is 0. The van der Waals surface area contributed by atoms with Crippen molar-refractivity contribution in [2.75, 3.05) is 0 Å². The molecule has 4 N–H and O–H groups in total. The lowest BCUT2D eigenvalue weighted by Crippen LogP contribution is -2.57. The predicted octanol–water partition coefficient (Wildman–Crippen LogP) is 0.361. The Morgan fingerprint density at radius 2 is 1.97 bits per heavy atom. The van der Waals surface area contributed by atoms with Crippen molar-refractivity contribution in [2.45, 2.75) is 38.2 Å². The standard InChI is InChI=1S/C20H25BN4O4/c1-13(2)15-11-20(15,21(28)29)25-19(27)16(10-14-6-4-3-5-7-14)24-18(26)17-12-22-8-9-23-17/h3-9,12-13,15-16,28-29H,10-11H2,1-2H3,(H,24,26)(H,25,27)/t15-,16-,20?/m0/s1. The van der Waals surface area contributed by atoms with E-state index in [0.29, 0.717) is 6.42 Å². The second-order valence-corrected chi connectivity index (χ2v) is 7.76. The number of carbonyl (C=O) groups is 2. The van der Waals surface area contributed by atoms with Gasteiger partial charge in [0, 0.05) is 18.8 Å². The van der Waals surface area contributed by atoms with Gasteiger partial charge in [0.1, 0.15) is 11.7 Å². The third kappa shape index (κ3) is 4.80. The molecule has 0 radical (unpaired) electrons. The zero-order valence-corrected chi connectivity index (χ0v) is 16.4.